The number of carbonyl (C=O) groups excluding carboxylic acids is 1. The number of benzene rings is 1. The van der Waals surface area contributed by atoms with E-state index in [9.17, 15) is 4.79 Å². The Labute approximate surface area is 122 Å². The Hall–Kier alpha value is -2.01. The summed E-state index contributed by atoms with van der Waals surface area (Å²) in [5.41, 5.74) is 1.24. The largest absolute Gasteiger partial charge is 0.493 e. The monoisotopic (exact) mass is 291 g/mol. The van der Waals surface area contributed by atoms with Gasteiger partial charge in [-0.1, -0.05) is 12.1 Å². The molecule has 1 aromatic carbocycles. The first-order valence-corrected chi connectivity index (χ1v) is 7.27. The summed E-state index contributed by atoms with van der Waals surface area (Å²) in [5, 5.41) is 6.94. The molecule has 0 aliphatic carbocycles. The van der Waals surface area contributed by atoms with Crippen molar-refractivity contribution in [3.63, 3.8) is 0 Å². The molecule has 0 atom stereocenters. The first-order chi connectivity index (χ1) is 9.79. The predicted molar refractivity (Wildman–Crippen MR) is 79.5 cm³/mol. The van der Waals surface area contributed by atoms with Gasteiger partial charge in [0.1, 0.15) is 0 Å². The summed E-state index contributed by atoms with van der Waals surface area (Å²) in [7, 11) is 1.57. The average molecular weight is 291 g/mol. The molecule has 0 aliphatic rings. The van der Waals surface area contributed by atoms with Crippen LogP contribution in [0.3, 0.4) is 0 Å². The summed E-state index contributed by atoms with van der Waals surface area (Å²) in [6, 6.07) is 9.32. The van der Waals surface area contributed by atoms with Gasteiger partial charge in [0.15, 0.2) is 18.1 Å². The lowest BCUT2D eigenvalue weighted by atomic mass is 10.2. The van der Waals surface area contributed by atoms with Gasteiger partial charge in [0.05, 0.1) is 7.11 Å². The number of rotatable bonds is 7. The van der Waals surface area contributed by atoms with Crippen LogP contribution in [0.5, 0.6) is 11.5 Å². The van der Waals surface area contributed by atoms with Gasteiger partial charge in [0, 0.05) is 6.54 Å². The molecular weight excluding hydrogens is 274 g/mol. The number of para-hydroxylation sites is 2. The molecular formula is C15H17NO3S. The van der Waals surface area contributed by atoms with E-state index in [1.54, 1.807) is 30.6 Å². The molecule has 0 fully saturated rings. The van der Waals surface area contributed by atoms with Crippen molar-refractivity contribution in [2.75, 3.05) is 20.3 Å². The van der Waals surface area contributed by atoms with Crippen molar-refractivity contribution in [1.29, 1.82) is 0 Å². The third kappa shape index (κ3) is 4.28. The van der Waals surface area contributed by atoms with E-state index in [4.69, 9.17) is 9.47 Å². The lowest BCUT2D eigenvalue weighted by Crippen LogP contribution is -2.30. The number of methoxy groups -OCH3 is 1. The van der Waals surface area contributed by atoms with E-state index in [1.165, 1.54) is 5.56 Å². The fourth-order valence-corrected chi connectivity index (χ4v) is 2.42. The Kier molecular flexibility index (Phi) is 5.43. The van der Waals surface area contributed by atoms with Gasteiger partial charge in [-0.15, -0.1) is 0 Å². The topological polar surface area (TPSA) is 47.6 Å². The fourth-order valence-electron chi connectivity index (χ4n) is 1.71. The fraction of sp³-hybridized carbons (Fsp3) is 0.267. The van der Waals surface area contributed by atoms with E-state index < -0.39 is 0 Å². The maximum atomic E-state index is 11.7. The van der Waals surface area contributed by atoms with E-state index in [-0.39, 0.29) is 12.5 Å². The number of hydrogen-bond donors (Lipinski definition) is 1. The highest BCUT2D eigenvalue weighted by Crippen LogP contribution is 2.25. The Morgan fingerprint density at radius 2 is 2.05 bits per heavy atom. The van der Waals surface area contributed by atoms with Crippen molar-refractivity contribution in [1.82, 2.24) is 5.32 Å². The van der Waals surface area contributed by atoms with Crippen LogP contribution in [-0.4, -0.2) is 26.2 Å². The number of ether oxygens (including phenoxy) is 2. The summed E-state index contributed by atoms with van der Waals surface area (Å²) < 4.78 is 10.6. The van der Waals surface area contributed by atoms with Crippen LogP contribution in [0.4, 0.5) is 0 Å². The first-order valence-electron chi connectivity index (χ1n) is 6.33. The molecule has 1 aromatic heterocycles. The summed E-state index contributed by atoms with van der Waals surface area (Å²) in [4.78, 5) is 11.7. The van der Waals surface area contributed by atoms with Crippen molar-refractivity contribution in [2.24, 2.45) is 0 Å². The van der Waals surface area contributed by atoms with Crippen molar-refractivity contribution in [3.8, 4) is 11.5 Å². The minimum absolute atomic E-state index is 0.00991. The molecule has 2 aromatic rings. The lowest BCUT2D eigenvalue weighted by Gasteiger charge is -2.10. The molecule has 0 aliphatic heterocycles. The maximum Gasteiger partial charge on any atom is 0.257 e. The van der Waals surface area contributed by atoms with Crippen LogP contribution in [0, 0.1) is 0 Å². The van der Waals surface area contributed by atoms with Gasteiger partial charge in [-0.25, -0.2) is 0 Å². The van der Waals surface area contributed by atoms with Gasteiger partial charge in [0.2, 0.25) is 0 Å². The molecule has 0 unspecified atom stereocenters. The van der Waals surface area contributed by atoms with Crippen LogP contribution >= 0.6 is 11.3 Å². The SMILES string of the molecule is COc1ccccc1OCC(=O)NCCc1ccsc1. The zero-order chi connectivity index (χ0) is 14.2. The van der Waals surface area contributed by atoms with Crippen LogP contribution in [0.25, 0.3) is 0 Å². The average Bonchev–Trinajstić information content (AvgIpc) is 2.98. The van der Waals surface area contributed by atoms with Crippen LogP contribution in [0.1, 0.15) is 5.56 Å². The third-order valence-electron chi connectivity index (χ3n) is 2.74. The Morgan fingerprint density at radius 1 is 1.25 bits per heavy atom. The summed E-state index contributed by atoms with van der Waals surface area (Å²) >= 11 is 1.66. The number of amides is 1. The highest BCUT2D eigenvalue weighted by atomic mass is 32.1. The number of hydrogen-bond acceptors (Lipinski definition) is 4. The third-order valence-corrected chi connectivity index (χ3v) is 3.48. The molecule has 106 valence electrons. The van der Waals surface area contributed by atoms with E-state index in [1.807, 2.05) is 17.5 Å². The Bertz CT molecular complexity index is 540. The molecule has 4 nitrogen and oxygen atoms in total. The summed E-state index contributed by atoms with van der Waals surface area (Å²) in [6.07, 6.45) is 0.837. The quantitative estimate of drug-likeness (QED) is 0.852. The van der Waals surface area contributed by atoms with Gasteiger partial charge < -0.3 is 14.8 Å². The van der Waals surface area contributed by atoms with E-state index in [2.05, 4.69) is 16.8 Å². The van der Waals surface area contributed by atoms with Gasteiger partial charge in [-0.2, -0.15) is 11.3 Å². The highest BCUT2D eigenvalue weighted by molar-refractivity contribution is 7.07. The van der Waals surface area contributed by atoms with Crippen LogP contribution < -0.4 is 14.8 Å². The standard InChI is InChI=1S/C15H17NO3S/c1-18-13-4-2-3-5-14(13)19-10-15(17)16-8-6-12-7-9-20-11-12/h2-5,7,9,11H,6,8,10H2,1H3,(H,16,17). The molecule has 0 spiro atoms. The number of carbonyl (C=O) groups is 1. The van der Waals surface area contributed by atoms with Crippen molar-refractivity contribution in [3.05, 3.63) is 46.7 Å². The molecule has 1 N–H and O–H groups in total. The molecule has 2 rings (SSSR count). The predicted octanol–water partition coefficient (Wildman–Crippen LogP) is 2.49. The highest BCUT2D eigenvalue weighted by Gasteiger charge is 2.06. The molecule has 0 bridgehead atoms. The van der Waals surface area contributed by atoms with Crippen molar-refractivity contribution in [2.45, 2.75) is 6.42 Å². The molecule has 1 heterocycles. The second kappa shape index (κ2) is 7.55. The molecule has 5 heteroatoms. The molecule has 20 heavy (non-hydrogen) atoms. The zero-order valence-corrected chi connectivity index (χ0v) is 12.1. The lowest BCUT2D eigenvalue weighted by molar-refractivity contribution is -0.123. The minimum Gasteiger partial charge on any atom is -0.493 e. The van der Waals surface area contributed by atoms with Crippen LogP contribution in [0.2, 0.25) is 0 Å². The number of nitrogens with one attached hydrogen (secondary N) is 1. The second-order valence-corrected chi connectivity index (χ2v) is 4.95. The van der Waals surface area contributed by atoms with Gasteiger partial charge in [-0.05, 0) is 40.9 Å². The maximum absolute atomic E-state index is 11.7. The molecule has 1 amide bonds. The Balaban J connectivity index is 1.72. The molecule has 0 saturated heterocycles. The van der Waals surface area contributed by atoms with Gasteiger partial charge in [-0.3, -0.25) is 4.79 Å². The zero-order valence-electron chi connectivity index (χ0n) is 11.3. The minimum atomic E-state index is -0.133. The molecule has 0 saturated carbocycles. The van der Waals surface area contributed by atoms with Crippen LogP contribution in [-0.2, 0) is 11.2 Å². The van der Waals surface area contributed by atoms with Gasteiger partial charge >= 0.3 is 0 Å². The smallest absolute Gasteiger partial charge is 0.257 e. The van der Waals surface area contributed by atoms with Crippen molar-refractivity contribution < 1.29 is 14.3 Å². The van der Waals surface area contributed by atoms with E-state index in [0.717, 1.165) is 6.42 Å². The number of thiophene rings is 1. The second-order valence-electron chi connectivity index (χ2n) is 4.17. The van der Waals surface area contributed by atoms with Crippen molar-refractivity contribution >= 4 is 17.2 Å². The van der Waals surface area contributed by atoms with Crippen LogP contribution in [0.15, 0.2) is 41.1 Å². The van der Waals surface area contributed by atoms with E-state index >= 15 is 0 Å². The van der Waals surface area contributed by atoms with Gasteiger partial charge in [0.25, 0.3) is 5.91 Å². The summed E-state index contributed by atoms with van der Waals surface area (Å²) in [5.74, 6) is 1.06. The normalized spacial score (nSPS) is 10.1. The Morgan fingerprint density at radius 3 is 2.75 bits per heavy atom. The van der Waals surface area contributed by atoms with E-state index in [0.29, 0.717) is 18.0 Å². The summed E-state index contributed by atoms with van der Waals surface area (Å²) in [6.45, 7) is 0.606. The first kappa shape index (κ1) is 14.4. The molecule has 0 radical (unpaired) electrons.